The summed E-state index contributed by atoms with van der Waals surface area (Å²) in [5.41, 5.74) is 0. The van der Waals surface area contributed by atoms with Gasteiger partial charge in [-0.1, -0.05) is 19.8 Å². The minimum atomic E-state index is 0.754. The Morgan fingerprint density at radius 3 is 2.92 bits per heavy atom. The molecule has 2 nitrogen and oxygen atoms in total. The molecule has 0 aliphatic heterocycles. The molecule has 0 aromatic rings. The molecular formula is C10H21NO. The van der Waals surface area contributed by atoms with E-state index in [4.69, 9.17) is 4.74 Å². The SMILES string of the molecule is COCCNC1CCC[C@@H](C)C1. The van der Waals surface area contributed by atoms with Crippen LogP contribution in [-0.4, -0.2) is 26.3 Å². The van der Waals surface area contributed by atoms with E-state index in [1.54, 1.807) is 7.11 Å². The van der Waals surface area contributed by atoms with Gasteiger partial charge in [0.25, 0.3) is 0 Å². The molecule has 0 aromatic carbocycles. The predicted octanol–water partition coefficient (Wildman–Crippen LogP) is 1.80. The minimum Gasteiger partial charge on any atom is -0.383 e. The molecule has 12 heavy (non-hydrogen) atoms. The third kappa shape index (κ3) is 3.55. The highest BCUT2D eigenvalue weighted by Crippen LogP contribution is 2.23. The smallest absolute Gasteiger partial charge is 0.0587 e. The zero-order valence-electron chi connectivity index (χ0n) is 8.31. The van der Waals surface area contributed by atoms with Crippen molar-refractivity contribution in [2.24, 2.45) is 5.92 Å². The predicted molar refractivity (Wildman–Crippen MR) is 51.3 cm³/mol. The van der Waals surface area contributed by atoms with E-state index < -0.39 is 0 Å². The van der Waals surface area contributed by atoms with Gasteiger partial charge in [0.1, 0.15) is 0 Å². The Labute approximate surface area is 75.7 Å². The van der Waals surface area contributed by atoms with Crippen LogP contribution in [0.5, 0.6) is 0 Å². The van der Waals surface area contributed by atoms with Crippen LogP contribution in [0, 0.1) is 5.92 Å². The van der Waals surface area contributed by atoms with Gasteiger partial charge in [0.05, 0.1) is 6.61 Å². The van der Waals surface area contributed by atoms with Gasteiger partial charge in [-0.25, -0.2) is 0 Å². The molecule has 1 N–H and O–H groups in total. The molecule has 1 aliphatic rings. The lowest BCUT2D eigenvalue weighted by Gasteiger charge is -2.27. The van der Waals surface area contributed by atoms with Gasteiger partial charge in [-0.15, -0.1) is 0 Å². The molecule has 0 heterocycles. The molecule has 0 saturated heterocycles. The van der Waals surface area contributed by atoms with Crippen LogP contribution in [0.2, 0.25) is 0 Å². The van der Waals surface area contributed by atoms with Crippen molar-refractivity contribution < 1.29 is 4.74 Å². The first-order valence-corrected chi connectivity index (χ1v) is 5.05. The maximum Gasteiger partial charge on any atom is 0.0587 e. The highest BCUT2D eigenvalue weighted by Gasteiger charge is 2.17. The Bertz CT molecular complexity index is 116. The normalized spacial score (nSPS) is 30.5. The summed E-state index contributed by atoms with van der Waals surface area (Å²) in [6, 6.07) is 0.754. The standard InChI is InChI=1S/C10H21NO/c1-9-4-3-5-10(8-9)11-6-7-12-2/h9-11H,3-8H2,1-2H3/t9-,10?/m1/s1. The molecule has 1 fully saturated rings. The van der Waals surface area contributed by atoms with Crippen LogP contribution in [0.15, 0.2) is 0 Å². The number of hydrogen-bond acceptors (Lipinski definition) is 2. The summed E-state index contributed by atoms with van der Waals surface area (Å²) in [5, 5.41) is 3.53. The molecule has 0 radical (unpaired) electrons. The second kappa shape index (κ2) is 5.55. The maximum atomic E-state index is 5.00. The zero-order valence-corrected chi connectivity index (χ0v) is 8.31. The summed E-state index contributed by atoms with van der Waals surface area (Å²) in [5.74, 6) is 0.916. The van der Waals surface area contributed by atoms with Crippen LogP contribution < -0.4 is 5.32 Å². The van der Waals surface area contributed by atoms with E-state index in [-0.39, 0.29) is 0 Å². The van der Waals surface area contributed by atoms with Crippen molar-refractivity contribution in [2.45, 2.75) is 38.6 Å². The Morgan fingerprint density at radius 2 is 2.25 bits per heavy atom. The number of rotatable bonds is 4. The summed E-state index contributed by atoms with van der Waals surface area (Å²) < 4.78 is 5.00. The molecule has 1 aliphatic carbocycles. The van der Waals surface area contributed by atoms with E-state index in [0.717, 1.165) is 25.1 Å². The Balaban J connectivity index is 2.06. The van der Waals surface area contributed by atoms with Crippen LogP contribution in [0.3, 0.4) is 0 Å². The van der Waals surface area contributed by atoms with Gasteiger partial charge in [0, 0.05) is 19.7 Å². The van der Waals surface area contributed by atoms with Gasteiger partial charge in [-0.3, -0.25) is 0 Å². The van der Waals surface area contributed by atoms with Crippen LogP contribution in [0.4, 0.5) is 0 Å². The van der Waals surface area contributed by atoms with E-state index in [1.807, 2.05) is 0 Å². The average molecular weight is 171 g/mol. The van der Waals surface area contributed by atoms with Crippen molar-refractivity contribution in [3.05, 3.63) is 0 Å². The van der Waals surface area contributed by atoms with Crippen molar-refractivity contribution in [2.75, 3.05) is 20.3 Å². The molecule has 1 rings (SSSR count). The fourth-order valence-corrected chi connectivity index (χ4v) is 1.98. The summed E-state index contributed by atoms with van der Waals surface area (Å²) >= 11 is 0. The monoisotopic (exact) mass is 171 g/mol. The van der Waals surface area contributed by atoms with E-state index in [9.17, 15) is 0 Å². The lowest BCUT2D eigenvalue weighted by molar-refractivity contribution is 0.188. The quantitative estimate of drug-likeness (QED) is 0.651. The Morgan fingerprint density at radius 1 is 1.42 bits per heavy atom. The molecule has 2 heteroatoms. The summed E-state index contributed by atoms with van der Waals surface area (Å²) in [7, 11) is 1.76. The van der Waals surface area contributed by atoms with Gasteiger partial charge in [0.15, 0.2) is 0 Å². The second-order valence-corrected chi connectivity index (χ2v) is 3.92. The lowest BCUT2D eigenvalue weighted by atomic mass is 9.87. The lowest BCUT2D eigenvalue weighted by Crippen LogP contribution is -2.35. The van der Waals surface area contributed by atoms with Crippen molar-refractivity contribution in [3.63, 3.8) is 0 Å². The van der Waals surface area contributed by atoms with Crippen LogP contribution >= 0.6 is 0 Å². The molecule has 0 amide bonds. The average Bonchev–Trinajstić information content (AvgIpc) is 2.05. The van der Waals surface area contributed by atoms with E-state index in [1.165, 1.54) is 25.7 Å². The van der Waals surface area contributed by atoms with E-state index >= 15 is 0 Å². The van der Waals surface area contributed by atoms with Crippen LogP contribution in [0.25, 0.3) is 0 Å². The van der Waals surface area contributed by atoms with Crippen LogP contribution in [0.1, 0.15) is 32.6 Å². The number of nitrogens with one attached hydrogen (secondary N) is 1. The Hall–Kier alpha value is -0.0800. The largest absolute Gasteiger partial charge is 0.383 e. The highest BCUT2D eigenvalue weighted by molar-refractivity contribution is 4.75. The molecule has 0 bridgehead atoms. The third-order valence-corrected chi connectivity index (χ3v) is 2.68. The molecule has 72 valence electrons. The molecular weight excluding hydrogens is 150 g/mol. The zero-order chi connectivity index (χ0) is 8.81. The van der Waals surface area contributed by atoms with Crippen molar-refractivity contribution in [1.29, 1.82) is 0 Å². The molecule has 0 aromatic heterocycles. The topological polar surface area (TPSA) is 21.3 Å². The number of methoxy groups -OCH3 is 1. The summed E-state index contributed by atoms with van der Waals surface area (Å²) in [6.07, 6.45) is 5.52. The summed E-state index contributed by atoms with van der Waals surface area (Å²) in [6.45, 7) is 4.20. The first-order valence-electron chi connectivity index (χ1n) is 5.05. The summed E-state index contributed by atoms with van der Waals surface area (Å²) in [4.78, 5) is 0. The van der Waals surface area contributed by atoms with Gasteiger partial charge in [-0.2, -0.15) is 0 Å². The number of hydrogen-bond donors (Lipinski definition) is 1. The fourth-order valence-electron chi connectivity index (χ4n) is 1.98. The molecule has 2 atom stereocenters. The fraction of sp³-hybridized carbons (Fsp3) is 1.00. The third-order valence-electron chi connectivity index (χ3n) is 2.68. The number of ether oxygens (including phenoxy) is 1. The van der Waals surface area contributed by atoms with Crippen molar-refractivity contribution in [3.8, 4) is 0 Å². The molecule has 1 saturated carbocycles. The van der Waals surface area contributed by atoms with Gasteiger partial charge >= 0.3 is 0 Å². The van der Waals surface area contributed by atoms with Crippen LogP contribution in [-0.2, 0) is 4.74 Å². The second-order valence-electron chi connectivity index (χ2n) is 3.92. The van der Waals surface area contributed by atoms with Gasteiger partial charge < -0.3 is 10.1 Å². The molecule has 1 unspecified atom stereocenters. The van der Waals surface area contributed by atoms with E-state index in [2.05, 4.69) is 12.2 Å². The maximum absolute atomic E-state index is 5.00. The highest BCUT2D eigenvalue weighted by atomic mass is 16.5. The van der Waals surface area contributed by atoms with E-state index in [0.29, 0.717) is 0 Å². The first-order chi connectivity index (χ1) is 5.83. The first kappa shape index (κ1) is 10.0. The Kier molecular flexibility index (Phi) is 4.62. The van der Waals surface area contributed by atoms with Gasteiger partial charge in [-0.05, 0) is 18.8 Å². The van der Waals surface area contributed by atoms with Crippen molar-refractivity contribution >= 4 is 0 Å². The molecule has 0 spiro atoms. The van der Waals surface area contributed by atoms with Gasteiger partial charge in [0.2, 0.25) is 0 Å². The van der Waals surface area contributed by atoms with Crippen molar-refractivity contribution in [1.82, 2.24) is 5.32 Å². The minimum absolute atomic E-state index is 0.754.